The van der Waals surface area contributed by atoms with Crippen molar-refractivity contribution in [2.24, 2.45) is 0 Å². The lowest BCUT2D eigenvalue weighted by atomic mass is 9.84. The van der Waals surface area contributed by atoms with Crippen LogP contribution in [0.3, 0.4) is 0 Å². The van der Waals surface area contributed by atoms with Gasteiger partial charge < -0.3 is 9.64 Å². The number of hydrogen-bond acceptors (Lipinski definition) is 5. The molecule has 1 atom stereocenters. The molecule has 2 aromatic heterocycles. The van der Waals surface area contributed by atoms with E-state index < -0.39 is 0 Å². The van der Waals surface area contributed by atoms with Gasteiger partial charge in [0, 0.05) is 54.2 Å². The maximum absolute atomic E-state index is 12.3. The number of ether oxygens (including phenoxy) is 1. The fourth-order valence-electron chi connectivity index (χ4n) is 5.96. The van der Waals surface area contributed by atoms with Gasteiger partial charge in [0.05, 0.1) is 0 Å². The Balaban J connectivity index is 1.29. The molecule has 6 rings (SSSR count). The number of rotatable bonds is 9. The average molecular weight is 594 g/mol. The van der Waals surface area contributed by atoms with Crippen molar-refractivity contribution in [2.45, 2.75) is 31.1 Å². The number of pyridine rings is 1. The van der Waals surface area contributed by atoms with Crippen LogP contribution in [0.5, 0.6) is 0 Å². The second-order valence-corrected chi connectivity index (χ2v) is 11.4. The fourth-order valence-corrected chi connectivity index (χ4v) is 6.14. The number of carbonyl (C=O) groups excluding carboxylic acids is 1. The first-order valence-electron chi connectivity index (χ1n) is 14.5. The quantitative estimate of drug-likeness (QED) is 0.227. The molecule has 3 aromatic carbocycles. The Kier molecular flexibility index (Phi) is 8.86. The highest BCUT2D eigenvalue weighted by molar-refractivity contribution is 6.31. The van der Waals surface area contributed by atoms with E-state index in [9.17, 15) is 4.79 Å². The van der Waals surface area contributed by atoms with E-state index in [0.717, 1.165) is 54.9 Å². The van der Waals surface area contributed by atoms with E-state index in [1.165, 1.54) is 16.7 Å². The predicted octanol–water partition coefficient (Wildman–Crippen LogP) is 5.52. The number of carbonyl (C=O) groups is 1. The largest absolute Gasteiger partial charge is 0.375 e. The Morgan fingerprint density at radius 1 is 1.05 bits per heavy atom. The minimum atomic E-state index is 0.0665. The number of aromatic nitrogens is 5. The summed E-state index contributed by atoms with van der Waals surface area (Å²) in [6.07, 6.45) is 6.27. The molecule has 3 heterocycles. The first-order valence-corrected chi connectivity index (χ1v) is 14.9. The minimum absolute atomic E-state index is 0.0665. The molecule has 1 aliphatic rings. The molecule has 1 amide bonds. The van der Waals surface area contributed by atoms with Gasteiger partial charge >= 0.3 is 0 Å². The molecule has 1 N–H and O–H groups in total. The highest BCUT2D eigenvalue weighted by atomic mass is 35.5. The third-order valence-corrected chi connectivity index (χ3v) is 8.47. The van der Waals surface area contributed by atoms with Crippen molar-refractivity contribution in [3.05, 3.63) is 125 Å². The number of amides is 1. The second-order valence-electron chi connectivity index (χ2n) is 10.9. The highest BCUT2D eigenvalue weighted by Gasteiger charge is 2.25. The molecular weight excluding hydrogens is 560 g/mol. The van der Waals surface area contributed by atoms with Crippen molar-refractivity contribution in [1.29, 1.82) is 0 Å². The van der Waals surface area contributed by atoms with E-state index in [1.54, 1.807) is 18.1 Å². The molecule has 0 aliphatic carbocycles. The van der Waals surface area contributed by atoms with Crippen molar-refractivity contribution in [3.8, 4) is 16.8 Å². The third-order valence-electron chi connectivity index (χ3n) is 8.23. The van der Waals surface area contributed by atoms with Gasteiger partial charge in [-0.2, -0.15) is 0 Å². The molecule has 0 unspecified atom stereocenters. The van der Waals surface area contributed by atoms with E-state index in [0.29, 0.717) is 10.9 Å². The van der Waals surface area contributed by atoms with Crippen LogP contribution in [0.15, 0.2) is 97.5 Å². The molecule has 5 aromatic rings. The Morgan fingerprint density at radius 3 is 2.60 bits per heavy atom. The van der Waals surface area contributed by atoms with Crippen LogP contribution in [0.1, 0.15) is 47.1 Å². The van der Waals surface area contributed by atoms with Gasteiger partial charge in [-0.1, -0.05) is 77.5 Å². The molecule has 0 bridgehead atoms. The van der Waals surface area contributed by atoms with Gasteiger partial charge in [-0.25, -0.2) is 0 Å². The molecule has 0 radical (unpaired) electrons. The highest BCUT2D eigenvalue weighted by Crippen LogP contribution is 2.34. The van der Waals surface area contributed by atoms with E-state index in [1.807, 2.05) is 35.4 Å². The van der Waals surface area contributed by atoms with Crippen LogP contribution in [0, 0.1) is 0 Å². The number of nitrogens with zero attached hydrogens (tertiary/aromatic N) is 5. The zero-order valence-electron chi connectivity index (χ0n) is 24.1. The maximum Gasteiger partial charge on any atom is 0.293 e. The normalized spacial score (nSPS) is 14.5. The third kappa shape index (κ3) is 6.66. The number of hydrogen-bond donors (Lipinski definition) is 1. The van der Waals surface area contributed by atoms with Gasteiger partial charge in [0.1, 0.15) is 17.4 Å². The fraction of sp³-hybridized carbons (Fsp3) is 0.265. The number of nitrogens with one attached hydrogen (secondary N) is 1. The van der Waals surface area contributed by atoms with Crippen LogP contribution in [0.4, 0.5) is 0 Å². The summed E-state index contributed by atoms with van der Waals surface area (Å²) in [7, 11) is 1.57. The second kappa shape index (κ2) is 13.3. The Labute approximate surface area is 256 Å². The number of halogens is 1. The molecule has 8 nitrogen and oxygen atoms in total. The van der Waals surface area contributed by atoms with Crippen molar-refractivity contribution in [1.82, 2.24) is 25.4 Å². The zero-order chi connectivity index (χ0) is 29.6. The smallest absolute Gasteiger partial charge is 0.293 e. The number of aromatic amines is 1. The first kappa shape index (κ1) is 28.7. The molecule has 1 saturated heterocycles. The van der Waals surface area contributed by atoms with E-state index in [4.69, 9.17) is 21.3 Å². The molecule has 9 heteroatoms. The number of likely N-dealkylation sites (tertiary alicyclic amines) is 1. The predicted molar refractivity (Wildman–Crippen MR) is 165 cm³/mol. The summed E-state index contributed by atoms with van der Waals surface area (Å²) in [6.45, 7) is 1.66. The van der Waals surface area contributed by atoms with E-state index in [-0.39, 0.29) is 18.4 Å². The van der Waals surface area contributed by atoms with Crippen molar-refractivity contribution < 1.29 is 14.2 Å². The van der Waals surface area contributed by atoms with Crippen LogP contribution in [0.2, 0.25) is 5.02 Å². The summed E-state index contributed by atoms with van der Waals surface area (Å²) in [5.74, 6) is 0.552. The lowest BCUT2D eigenvalue weighted by molar-refractivity contribution is -0.659. The SMILES string of the molecule is COCC(=O)N1CCC(c2cccc([C@H](Cc3ccccc3)c3ccc(-c4cc(Cl)ccc4-[n+]4cnn[nH]4)cn3)c2)CC1. The summed E-state index contributed by atoms with van der Waals surface area (Å²) < 4.78 is 6.80. The first-order chi connectivity index (χ1) is 21.1. The summed E-state index contributed by atoms with van der Waals surface area (Å²) in [5.41, 5.74) is 7.58. The van der Waals surface area contributed by atoms with Gasteiger partial charge in [0.15, 0.2) is 5.21 Å². The lowest BCUT2D eigenvalue weighted by Crippen LogP contribution is -2.39. The average Bonchev–Trinajstić information content (AvgIpc) is 3.60. The summed E-state index contributed by atoms with van der Waals surface area (Å²) in [4.78, 5) is 19.2. The van der Waals surface area contributed by atoms with Crippen LogP contribution in [-0.2, 0) is 16.0 Å². The number of piperidine rings is 1. The van der Waals surface area contributed by atoms with Crippen molar-refractivity contribution >= 4 is 17.5 Å². The van der Waals surface area contributed by atoms with Crippen molar-refractivity contribution in [2.75, 3.05) is 26.8 Å². The number of benzene rings is 3. The minimum Gasteiger partial charge on any atom is -0.375 e. The van der Waals surface area contributed by atoms with E-state index in [2.05, 4.69) is 76.2 Å². The van der Waals surface area contributed by atoms with Crippen molar-refractivity contribution in [3.63, 3.8) is 0 Å². The van der Waals surface area contributed by atoms with Crippen LogP contribution < -0.4 is 4.68 Å². The topological polar surface area (TPSA) is 87.9 Å². The molecule has 1 fully saturated rings. The standard InChI is InChI=1S/C34H33ClN6O2/c1-43-22-34(42)40-16-14-25(15-17-40)26-8-5-9-27(19-26)30(18-24-6-3-2-4-7-24)32-12-10-28(21-36-32)31-20-29(35)11-13-33(31)41-23-37-38-39-41/h2-13,19-21,23,25,30H,14-18,22H2,1H3/p+1/t30-/m0/s1. The molecular formula is C34H34ClN6O2+. The number of tetrazole rings is 1. The van der Waals surface area contributed by atoms with Crippen LogP contribution in [0.25, 0.3) is 16.8 Å². The number of methoxy groups -OCH3 is 1. The molecule has 0 saturated carbocycles. The van der Waals surface area contributed by atoms with Crippen LogP contribution in [-0.4, -0.2) is 58.1 Å². The molecule has 43 heavy (non-hydrogen) atoms. The summed E-state index contributed by atoms with van der Waals surface area (Å²) >= 11 is 6.40. The van der Waals surface area contributed by atoms with Gasteiger partial charge in [-0.15, -0.1) is 4.68 Å². The maximum atomic E-state index is 12.3. The summed E-state index contributed by atoms with van der Waals surface area (Å²) in [5, 5.41) is 11.3. The molecule has 218 valence electrons. The van der Waals surface area contributed by atoms with Gasteiger partial charge in [-0.3, -0.25) is 9.78 Å². The van der Waals surface area contributed by atoms with Gasteiger partial charge in [0.2, 0.25) is 5.91 Å². The van der Waals surface area contributed by atoms with Gasteiger partial charge in [-0.05, 0) is 66.1 Å². The lowest BCUT2D eigenvalue weighted by Gasteiger charge is -2.32. The number of H-pyrrole nitrogens is 1. The Bertz CT molecular complexity index is 1650. The van der Waals surface area contributed by atoms with Gasteiger partial charge in [0.25, 0.3) is 6.33 Å². The summed E-state index contributed by atoms with van der Waals surface area (Å²) in [6, 6.07) is 29.4. The molecule has 0 spiro atoms. The van der Waals surface area contributed by atoms with Crippen LogP contribution >= 0.6 is 11.6 Å². The Hall–Kier alpha value is -4.40. The monoisotopic (exact) mass is 593 g/mol. The van der Waals surface area contributed by atoms with E-state index >= 15 is 0 Å². The zero-order valence-corrected chi connectivity index (χ0v) is 24.8. The Morgan fingerprint density at radius 2 is 1.88 bits per heavy atom. The molecule has 1 aliphatic heterocycles.